The van der Waals surface area contributed by atoms with Crippen molar-refractivity contribution in [1.29, 1.82) is 0 Å². The maximum atomic E-state index is 13.1. The van der Waals surface area contributed by atoms with E-state index in [1.165, 1.54) is 54.8 Å². The Hall–Kier alpha value is -11.5. The number of carbonyl (C=O) groups excluding carboxylic acids is 3. The average molecular weight is 1130 g/mol. The summed E-state index contributed by atoms with van der Waals surface area (Å²) in [5, 5.41) is 27.8. The molecule has 6 heterocycles. The largest absolute Gasteiger partial charge is 0.496 e. The van der Waals surface area contributed by atoms with Crippen LogP contribution >= 0.6 is 0 Å². The van der Waals surface area contributed by atoms with Crippen molar-refractivity contribution in [1.82, 2.24) is 39.2 Å². The normalized spacial score (nSPS) is 10.5. The van der Waals surface area contributed by atoms with E-state index in [4.69, 9.17) is 38.9 Å². The minimum absolute atomic E-state index is 0.186. The molecule has 0 radical (unpaired) electrons. The summed E-state index contributed by atoms with van der Waals surface area (Å²) in [6.07, 6.45) is 6.72. The van der Waals surface area contributed by atoms with Crippen molar-refractivity contribution in [2.75, 3.05) is 78.6 Å². The number of hydrogen-bond acceptors (Lipinski definition) is 21. The molecule has 0 saturated carbocycles. The first-order chi connectivity index (χ1) is 40.2. The molecule has 6 aromatic heterocycles. The number of carbonyl (C=O) groups is 4. The lowest BCUT2D eigenvalue weighted by Crippen LogP contribution is -2.13. The Balaban J connectivity index is 0.000000185. The number of aromatic nitrogens is 8. The first-order valence-corrected chi connectivity index (χ1v) is 24.7. The second-order valence-corrected chi connectivity index (χ2v) is 17.1. The molecular formula is C58H54N12O13. The smallest absolute Gasteiger partial charge is 0.341 e. The molecule has 0 saturated heterocycles. The highest BCUT2D eigenvalue weighted by molar-refractivity contribution is 6.05. The van der Waals surface area contributed by atoms with Crippen molar-refractivity contribution in [2.24, 2.45) is 0 Å². The fraction of sp³-hybridized carbons (Fsp3) is 0.138. The fourth-order valence-corrected chi connectivity index (χ4v) is 8.04. The number of carboxylic acid groups (broad SMARTS) is 1. The number of nitrogen functional groups attached to an aromatic ring is 1. The Morgan fingerprint density at radius 1 is 0.506 bits per heavy atom. The van der Waals surface area contributed by atoms with Gasteiger partial charge < -0.3 is 64.7 Å². The average Bonchev–Trinajstić information content (AvgIpc) is 3.69. The number of ether oxygens (including phenoxy) is 8. The zero-order valence-electron chi connectivity index (χ0n) is 45.9. The molecule has 10 rings (SSSR count). The van der Waals surface area contributed by atoms with Gasteiger partial charge in [-0.3, -0.25) is 4.79 Å². The van der Waals surface area contributed by atoms with E-state index in [0.29, 0.717) is 108 Å². The Kier molecular flexibility index (Phi) is 18.4. The van der Waals surface area contributed by atoms with Crippen LogP contribution in [0.5, 0.6) is 34.8 Å². The van der Waals surface area contributed by atoms with Gasteiger partial charge in [0.25, 0.3) is 17.7 Å². The molecule has 424 valence electrons. The van der Waals surface area contributed by atoms with Gasteiger partial charge in [-0.1, -0.05) is 24.3 Å². The number of benzene rings is 4. The number of amides is 1. The number of nitrogens with zero attached hydrogens (tertiary/aromatic N) is 8. The molecule has 25 nitrogen and oxygen atoms in total. The Morgan fingerprint density at radius 2 is 0.976 bits per heavy atom. The first-order valence-electron chi connectivity index (χ1n) is 24.7. The Bertz CT molecular complexity index is 4000. The maximum absolute atomic E-state index is 13.1. The van der Waals surface area contributed by atoms with E-state index in [1.807, 2.05) is 12.1 Å². The fourth-order valence-electron chi connectivity index (χ4n) is 8.04. The number of aromatic carboxylic acids is 1. The molecule has 83 heavy (non-hydrogen) atoms. The molecular weight excluding hydrogens is 1070 g/mol. The van der Waals surface area contributed by atoms with Crippen molar-refractivity contribution < 1.29 is 62.2 Å². The van der Waals surface area contributed by atoms with E-state index in [2.05, 4.69) is 50.8 Å². The summed E-state index contributed by atoms with van der Waals surface area (Å²) < 4.78 is 43.9. The number of imidazole rings is 2. The van der Waals surface area contributed by atoms with Crippen molar-refractivity contribution in [3.8, 4) is 57.3 Å². The number of pyridine rings is 2. The SMILES string of the molecule is COC(=O)c1ccc(N)cc1OC.COC(=O)c1ccc(NC(=O)c2cccc(-c3cc(Nc4ccc(OC)c(OC)n4)c4nccn4n3)c2)cc1OC.COc1ccc(Nc2cc(-c3cccc(C(=O)O)c3)nn3ccnc23)nc1OC. The van der Waals surface area contributed by atoms with E-state index in [9.17, 15) is 24.3 Å². The summed E-state index contributed by atoms with van der Waals surface area (Å²) in [5.74, 6) is 1.15. The molecule has 6 N–H and O–H groups in total. The number of esters is 2. The van der Waals surface area contributed by atoms with Gasteiger partial charge in [0, 0.05) is 65.0 Å². The number of carboxylic acids is 1. The van der Waals surface area contributed by atoms with Gasteiger partial charge in [-0.05, 0) is 84.9 Å². The molecule has 1 amide bonds. The minimum Gasteiger partial charge on any atom is -0.496 e. The number of fused-ring (bicyclic) bond motifs is 2. The van der Waals surface area contributed by atoms with Crippen molar-refractivity contribution in [3.63, 3.8) is 0 Å². The molecule has 10 aromatic rings. The third kappa shape index (κ3) is 13.5. The predicted molar refractivity (Wildman–Crippen MR) is 306 cm³/mol. The van der Waals surface area contributed by atoms with E-state index in [0.717, 1.165) is 0 Å². The van der Waals surface area contributed by atoms with Crippen LogP contribution < -0.4 is 50.1 Å². The lowest BCUT2D eigenvalue weighted by molar-refractivity contribution is 0.0588. The van der Waals surface area contributed by atoms with Crippen molar-refractivity contribution in [2.45, 2.75) is 0 Å². The lowest BCUT2D eigenvalue weighted by Gasteiger charge is -2.13. The van der Waals surface area contributed by atoms with Crippen LogP contribution in [-0.2, 0) is 9.47 Å². The van der Waals surface area contributed by atoms with Crippen LogP contribution in [0, 0.1) is 0 Å². The van der Waals surface area contributed by atoms with Gasteiger partial charge in [0.05, 0.1) is 85.2 Å². The third-order valence-electron chi connectivity index (χ3n) is 12.0. The van der Waals surface area contributed by atoms with Crippen LogP contribution in [0.1, 0.15) is 41.4 Å². The van der Waals surface area contributed by atoms with Crippen molar-refractivity contribution >= 4 is 69.5 Å². The molecule has 0 unspecified atom stereocenters. The molecule has 0 aliphatic heterocycles. The number of hydrogen-bond donors (Lipinski definition) is 5. The van der Waals surface area contributed by atoms with Gasteiger partial charge in [0.1, 0.15) is 34.3 Å². The zero-order chi connectivity index (χ0) is 59.2. The number of methoxy groups -OCH3 is 8. The van der Waals surface area contributed by atoms with Crippen LogP contribution in [0.25, 0.3) is 33.8 Å². The Morgan fingerprint density at radius 3 is 1.45 bits per heavy atom. The molecule has 25 heteroatoms. The number of nitrogens with one attached hydrogen (secondary N) is 3. The summed E-state index contributed by atoms with van der Waals surface area (Å²) >= 11 is 0. The molecule has 0 spiro atoms. The lowest BCUT2D eigenvalue weighted by atomic mass is 10.1. The van der Waals surface area contributed by atoms with Crippen LogP contribution in [0.3, 0.4) is 0 Å². The third-order valence-corrected chi connectivity index (χ3v) is 12.0. The van der Waals surface area contributed by atoms with E-state index in [-0.39, 0.29) is 22.8 Å². The molecule has 0 fully saturated rings. The molecule has 4 aromatic carbocycles. The van der Waals surface area contributed by atoms with Gasteiger partial charge >= 0.3 is 17.9 Å². The van der Waals surface area contributed by atoms with E-state index < -0.39 is 17.9 Å². The van der Waals surface area contributed by atoms with Gasteiger partial charge in [0.2, 0.25) is 0 Å². The molecule has 0 aliphatic rings. The second-order valence-electron chi connectivity index (χ2n) is 17.1. The van der Waals surface area contributed by atoms with Gasteiger partial charge in [-0.2, -0.15) is 20.2 Å². The van der Waals surface area contributed by atoms with Crippen LogP contribution in [-0.4, -0.2) is 125 Å². The number of nitrogens with two attached hydrogens (primary N) is 1. The highest BCUT2D eigenvalue weighted by atomic mass is 16.5. The monoisotopic (exact) mass is 1130 g/mol. The second kappa shape index (κ2) is 26.4. The van der Waals surface area contributed by atoms with Crippen molar-refractivity contribution in [3.05, 3.63) is 168 Å². The summed E-state index contributed by atoms with van der Waals surface area (Å²) in [4.78, 5) is 65.1. The quantitative estimate of drug-likeness (QED) is 0.0419. The van der Waals surface area contributed by atoms with E-state index in [1.54, 1.807) is 145 Å². The molecule has 0 atom stereocenters. The highest BCUT2D eigenvalue weighted by Crippen LogP contribution is 2.33. The Labute approximate surface area is 473 Å². The number of rotatable bonds is 17. The zero-order valence-corrected chi connectivity index (χ0v) is 45.9. The summed E-state index contributed by atoms with van der Waals surface area (Å²) in [6.45, 7) is 0. The summed E-state index contributed by atoms with van der Waals surface area (Å²) in [6, 6.07) is 33.7. The predicted octanol–water partition coefficient (Wildman–Crippen LogP) is 8.91. The van der Waals surface area contributed by atoms with Crippen LogP contribution in [0.4, 0.5) is 34.4 Å². The van der Waals surface area contributed by atoms with Gasteiger partial charge in [-0.15, -0.1) is 0 Å². The highest BCUT2D eigenvalue weighted by Gasteiger charge is 2.19. The minimum atomic E-state index is -0.997. The first kappa shape index (κ1) is 57.7. The standard InChI is InChI=1S/C29H26N6O6.C20H17N5O4.C9H11NO3/c1-38-23-10-11-25(33-28(23)40-3)32-22-16-21(34-35-13-12-30-26(22)35)17-6-5-7-18(14-17)27(36)31-19-8-9-20(29(37)41-4)24(15-19)39-2;1-28-16-6-7-17(23-19(16)29-2)22-15-11-14(24-25-9-8-21-18(15)25)12-4-3-5-13(10-12)20(26)27;1-12-8-5-6(10)3-4-7(8)9(11)13-2/h5-16H,1-4H3,(H,31,36)(H,32,33);3-11H,1-2H3,(H,22,23)(H,26,27);3-5H,10H2,1-2H3. The van der Waals surface area contributed by atoms with E-state index >= 15 is 0 Å². The maximum Gasteiger partial charge on any atom is 0.341 e. The van der Waals surface area contributed by atoms with Gasteiger partial charge in [-0.25, -0.2) is 33.4 Å². The number of anilines is 6. The van der Waals surface area contributed by atoms with Crippen LogP contribution in [0.15, 0.2) is 146 Å². The molecule has 0 bridgehead atoms. The van der Waals surface area contributed by atoms with Gasteiger partial charge in [0.15, 0.2) is 22.8 Å². The molecule has 0 aliphatic carbocycles. The summed E-state index contributed by atoms with van der Waals surface area (Å²) in [5.41, 5.74) is 12.8. The topological polar surface area (TPSA) is 311 Å². The van der Waals surface area contributed by atoms with Crippen LogP contribution in [0.2, 0.25) is 0 Å². The summed E-state index contributed by atoms with van der Waals surface area (Å²) in [7, 11) is 11.6.